The van der Waals surface area contributed by atoms with Crippen LogP contribution in [0.5, 0.6) is 0 Å². The zero-order valence-corrected chi connectivity index (χ0v) is 15.9. The molecule has 0 bridgehead atoms. The number of hydrogen-bond acceptors (Lipinski definition) is 3. The first kappa shape index (κ1) is 19.6. The van der Waals surface area contributed by atoms with Crippen LogP contribution in [-0.2, 0) is 4.74 Å². The van der Waals surface area contributed by atoms with Crippen molar-refractivity contribution < 1.29 is 4.74 Å². The molecule has 1 fully saturated rings. The van der Waals surface area contributed by atoms with E-state index in [-0.39, 0.29) is 6.10 Å². The minimum absolute atomic E-state index is 0.270. The summed E-state index contributed by atoms with van der Waals surface area (Å²) >= 11 is 5.27. The Balaban J connectivity index is 1.83. The smallest absolute Gasteiger partial charge is 0.187 e. The molecule has 5 heteroatoms. The Hall–Kier alpha value is -1.72. The van der Waals surface area contributed by atoms with Gasteiger partial charge < -0.3 is 10.1 Å². The molecule has 1 heterocycles. The van der Waals surface area contributed by atoms with Crippen molar-refractivity contribution in [2.45, 2.75) is 51.6 Å². The van der Waals surface area contributed by atoms with Crippen LogP contribution >= 0.6 is 12.2 Å². The Morgan fingerprint density at radius 1 is 1.32 bits per heavy atom. The van der Waals surface area contributed by atoms with Crippen molar-refractivity contribution in [1.29, 1.82) is 0 Å². The summed E-state index contributed by atoms with van der Waals surface area (Å²) in [6.07, 6.45) is 11.2. The number of rotatable bonds is 9. The maximum Gasteiger partial charge on any atom is 0.187 e. The third-order valence-electron chi connectivity index (χ3n) is 4.13. The minimum Gasteiger partial charge on any atom is -0.376 e. The zero-order chi connectivity index (χ0) is 17.7. The SMILES string of the molecule is CCCCCC(/C=N\NC(=S)NC[C@@H]1CCCO1)=C\c1ccccc1. The van der Waals surface area contributed by atoms with Gasteiger partial charge in [0.2, 0.25) is 0 Å². The average molecular weight is 360 g/mol. The molecule has 4 nitrogen and oxygen atoms in total. The van der Waals surface area contributed by atoms with E-state index < -0.39 is 0 Å². The van der Waals surface area contributed by atoms with Gasteiger partial charge in [0, 0.05) is 13.2 Å². The molecule has 0 unspecified atom stereocenters. The molecule has 1 aromatic carbocycles. The Bertz CT molecular complexity index is 566. The number of unbranched alkanes of at least 4 members (excludes halogenated alkanes) is 2. The van der Waals surface area contributed by atoms with Crippen LogP contribution in [0.1, 0.15) is 51.0 Å². The lowest BCUT2D eigenvalue weighted by molar-refractivity contribution is 0.114. The molecule has 1 aromatic rings. The summed E-state index contributed by atoms with van der Waals surface area (Å²) < 4.78 is 5.57. The van der Waals surface area contributed by atoms with Crippen LogP contribution in [0, 0.1) is 0 Å². The first-order valence-electron chi connectivity index (χ1n) is 9.22. The van der Waals surface area contributed by atoms with Gasteiger partial charge in [0.1, 0.15) is 0 Å². The van der Waals surface area contributed by atoms with Gasteiger partial charge in [0.25, 0.3) is 0 Å². The molecular weight excluding hydrogens is 330 g/mol. The van der Waals surface area contributed by atoms with E-state index in [1.54, 1.807) is 0 Å². The molecule has 0 spiro atoms. The predicted molar refractivity (Wildman–Crippen MR) is 110 cm³/mol. The number of nitrogens with zero attached hydrogens (tertiary/aromatic N) is 1. The highest BCUT2D eigenvalue weighted by Crippen LogP contribution is 2.12. The second kappa shape index (κ2) is 11.8. The Labute approximate surface area is 156 Å². The van der Waals surface area contributed by atoms with Crippen molar-refractivity contribution in [2.75, 3.05) is 13.2 Å². The van der Waals surface area contributed by atoms with Gasteiger partial charge >= 0.3 is 0 Å². The van der Waals surface area contributed by atoms with Crippen molar-refractivity contribution in [2.24, 2.45) is 5.10 Å². The lowest BCUT2D eigenvalue weighted by Crippen LogP contribution is -2.37. The van der Waals surface area contributed by atoms with Crippen LogP contribution in [0.4, 0.5) is 0 Å². The quantitative estimate of drug-likeness (QED) is 0.299. The highest BCUT2D eigenvalue weighted by Gasteiger charge is 2.14. The fourth-order valence-electron chi connectivity index (χ4n) is 2.74. The van der Waals surface area contributed by atoms with E-state index >= 15 is 0 Å². The van der Waals surface area contributed by atoms with E-state index in [2.05, 4.69) is 53.1 Å². The monoisotopic (exact) mass is 359 g/mol. The fraction of sp³-hybridized carbons (Fsp3) is 0.500. The average Bonchev–Trinajstić information content (AvgIpc) is 3.14. The fourth-order valence-corrected chi connectivity index (χ4v) is 2.88. The molecular formula is C20H29N3OS. The Morgan fingerprint density at radius 3 is 2.88 bits per heavy atom. The molecule has 2 N–H and O–H groups in total. The Morgan fingerprint density at radius 2 is 2.16 bits per heavy atom. The number of benzene rings is 1. The van der Waals surface area contributed by atoms with E-state index in [0.717, 1.165) is 32.4 Å². The first-order valence-corrected chi connectivity index (χ1v) is 9.63. The van der Waals surface area contributed by atoms with Crippen LogP contribution in [-0.4, -0.2) is 30.6 Å². The molecule has 1 atom stereocenters. The predicted octanol–water partition coefficient (Wildman–Crippen LogP) is 4.28. The van der Waals surface area contributed by atoms with Crippen LogP contribution in [0.3, 0.4) is 0 Å². The van der Waals surface area contributed by atoms with E-state index in [1.807, 2.05) is 12.3 Å². The number of allylic oxidation sites excluding steroid dienone is 1. The number of hydrogen-bond donors (Lipinski definition) is 2. The lowest BCUT2D eigenvalue weighted by Gasteiger charge is -2.11. The van der Waals surface area contributed by atoms with Gasteiger partial charge in [-0.2, -0.15) is 5.10 Å². The number of hydrazone groups is 1. The van der Waals surface area contributed by atoms with Gasteiger partial charge in [-0.1, -0.05) is 56.2 Å². The van der Waals surface area contributed by atoms with Gasteiger partial charge in [-0.25, -0.2) is 0 Å². The number of thiocarbonyl (C=S) groups is 1. The molecule has 0 aromatic heterocycles. The van der Waals surface area contributed by atoms with E-state index in [9.17, 15) is 0 Å². The van der Waals surface area contributed by atoms with Gasteiger partial charge in [0.05, 0.1) is 12.3 Å². The summed E-state index contributed by atoms with van der Waals surface area (Å²) in [6.45, 7) is 3.81. The summed E-state index contributed by atoms with van der Waals surface area (Å²) in [7, 11) is 0. The summed E-state index contributed by atoms with van der Waals surface area (Å²) in [5.41, 5.74) is 5.30. The lowest BCUT2D eigenvalue weighted by atomic mass is 10.1. The molecule has 0 aliphatic carbocycles. The van der Waals surface area contributed by atoms with Crippen molar-refractivity contribution in [3.63, 3.8) is 0 Å². The van der Waals surface area contributed by atoms with E-state index in [0.29, 0.717) is 5.11 Å². The van der Waals surface area contributed by atoms with Crippen LogP contribution < -0.4 is 10.7 Å². The van der Waals surface area contributed by atoms with E-state index in [1.165, 1.54) is 30.4 Å². The maximum atomic E-state index is 5.57. The Kier molecular flexibility index (Phi) is 9.23. The highest BCUT2D eigenvalue weighted by molar-refractivity contribution is 7.80. The third-order valence-corrected chi connectivity index (χ3v) is 4.37. The van der Waals surface area contributed by atoms with Gasteiger partial charge in [-0.05, 0) is 49.0 Å². The van der Waals surface area contributed by atoms with Crippen LogP contribution in [0.25, 0.3) is 6.08 Å². The van der Waals surface area contributed by atoms with Crippen LogP contribution in [0.2, 0.25) is 0 Å². The second-order valence-corrected chi connectivity index (χ2v) is 6.71. The highest BCUT2D eigenvalue weighted by atomic mass is 32.1. The first-order chi connectivity index (χ1) is 12.3. The minimum atomic E-state index is 0.270. The van der Waals surface area contributed by atoms with Gasteiger partial charge in [0.15, 0.2) is 5.11 Å². The van der Waals surface area contributed by atoms with Crippen molar-refractivity contribution in [3.8, 4) is 0 Å². The largest absolute Gasteiger partial charge is 0.376 e. The molecule has 0 amide bonds. The topological polar surface area (TPSA) is 45.7 Å². The summed E-state index contributed by atoms with van der Waals surface area (Å²) in [5, 5.41) is 8.01. The zero-order valence-electron chi connectivity index (χ0n) is 15.0. The molecule has 1 saturated heterocycles. The number of nitrogens with one attached hydrogen (secondary N) is 2. The molecule has 136 valence electrons. The van der Waals surface area contributed by atoms with Crippen molar-refractivity contribution >= 4 is 29.6 Å². The normalized spacial score (nSPS) is 17.8. The standard InChI is InChI=1S/C20H29N3OS/c1-2-3-5-11-18(14-17-9-6-4-7-10-17)15-22-23-20(25)21-16-19-12-8-13-24-19/h4,6-7,9-10,14-15,19H,2-3,5,8,11-13,16H2,1H3,(H2,21,23,25)/b18-14+,22-15-/t19-/m0/s1. The van der Waals surface area contributed by atoms with Crippen molar-refractivity contribution in [1.82, 2.24) is 10.7 Å². The third kappa shape index (κ3) is 8.27. The molecule has 25 heavy (non-hydrogen) atoms. The molecule has 1 aliphatic heterocycles. The van der Waals surface area contributed by atoms with Gasteiger partial charge in [-0.15, -0.1) is 0 Å². The molecule has 2 rings (SSSR count). The van der Waals surface area contributed by atoms with Crippen molar-refractivity contribution in [3.05, 3.63) is 41.5 Å². The molecule has 1 aliphatic rings. The molecule has 0 radical (unpaired) electrons. The molecule has 0 saturated carbocycles. The summed E-state index contributed by atoms with van der Waals surface area (Å²) in [6, 6.07) is 10.3. The van der Waals surface area contributed by atoms with E-state index in [4.69, 9.17) is 17.0 Å². The summed E-state index contributed by atoms with van der Waals surface area (Å²) in [4.78, 5) is 0. The summed E-state index contributed by atoms with van der Waals surface area (Å²) in [5.74, 6) is 0. The number of ether oxygens (including phenoxy) is 1. The maximum absolute atomic E-state index is 5.57. The second-order valence-electron chi connectivity index (χ2n) is 6.30. The van der Waals surface area contributed by atoms with Gasteiger partial charge in [-0.3, -0.25) is 5.43 Å². The van der Waals surface area contributed by atoms with Crippen LogP contribution in [0.15, 0.2) is 41.0 Å².